The molecule has 1 heterocycles. The van der Waals surface area contributed by atoms with E-state index in [2.05, 4.69) is 0 Å². The van der Waals surface area contributed by atoms with E-state index in [1.54, 1.807) is 0 Å². The van der Waals surface area contributed by atoms with Crippen molar-refractivity contribution in [2.75, 3.05) is 19.8 Å². The molecule has 2 unspecified atom stereocenters. The number of benzene rings is 1. The van der Waals surface area contributed by atoms with Crippen molar-refractivity contribution in [1.82, 2.24) is 0 Å². The Labute approximate surface area is 99.9 Å². The molecule has 1 saturated heterocycles. The fraction of sp³-hybridized carbons (Fsp3) is 0.500. The second-order valence-electron chi connectivity index (χ2n) is 3.85. The van der Waals surface area contributed by atoms with Crippen LogP contribution in [0.25, 0.3) is 0 Å². The third kappa shape index (κ3) is 2.95. The lowest BCUT2D eigenvalue weighted by Gasteiger charge is -2.27. The fourth-order valence-electron chi connectivity index (χ4n) is 1.75. The first-order valence-electron chi connectivity index (χ1n) is 5.38. The van der Waals surface area contributed by atoms with Gasteiger partial charge in [0.05, 0.1) is 25.9 Å². The molecular weight excluding hydrogens is 228 g/mol. The van der Waals surface area contributed by atoms with Gasteiger partial charge in [-0.05, 0) is 11.6 Å². The molecule has 1 aliphatic rings. The van der Waals surface area contributed by atoms with Gasteiger partial charge in [-0.2, -0.15) is 0 Å². The summed E-state index contributed by atoms with van der Waals surface area (Å²) in [5, 5.41) is 10.7. The van der Waals surface area contributed by atoms with Crippen molar-refractivity contribution in [2.45, 2.75) is 18.6 Å². The molecule has 2 rings (SSSR count). The van der Waals surface area contributed by atoms with Gasteiger partial charge in [-0.25, -0.2) is 0 Å². The minimum absolute atomic E-state index is 0.245. The summed E-state index contributed by atoms with van der Waals surface area (Å²) in [6, 6.07) is 7.52. The Balaban J connectivity index is 1.96. The number of rotatable bonds is 3. The third-order valence-corrected chi connectivity index (χ3v) is 3.03. The average molecular weight is 243 g/mol. The van der Waals surface area contributed by atoms with Crippen LogP contribution in [-0.2, 0) is 15.9 Å². The molecule has 16 heavy (non-hydrogen) atoms. The van der Waals surface area contributed by atoms with Crippen LogP contribution in [0.1, 0.15) is 5.56 Å². The monoisotopic (exact) mass is 242 g/mol. The largest absolute Gasteiger partial charge is 0.390 e. The lowest BCUT2D eigenvalue weighted by molar-refractivity contribution is -0.131. The van der Waals surface area contributed by atoms with E-state index in [0.717, 1.165) is 5.56 Å². The summed E-state index contributed by atoms with van der Waals surface area (Å²) in [6.45, 7) is 1.60. The van der Waals surface area contributed by atoms with Crippen molar-refractivity contribution < 1.29 is 14.6 Å². The van der Waals surface area contributed by atoms with Crippen LogP contribution in [0, 0.1) is 0 Å². The number of halogens is 1. The molecule has 2 atom stereocenters. The Morgan fingerprint density at radius 3 is 2.88 bits per heavy atom. The molecule has 0 radical (unpaired) electrons. The van der Waals surface area contributed by atoms with Crippen molar-refractivity contribution in [3.8, 4) is 0 Å². The summed E-state index contributed by atoms with van der Waals surface area (Å²) < 4.78 is 10.7. The molecule has 0 spiro atoms. The molecule has 88 valence electrons. The summed E-state index contributed by atoms with van der Waals surface area (Å²) in [7, 11) is 0. The quantitative estimate of drug-likeness (QED) is 0.876. The topological polar surface area (TPSA) is 38.7 Å². The molecule has 1 N–H and O–H groups in total. The van der Waals surface area contributed by atoms with Crippen LogP contribution in [0.15, 0.2) is 24.3 Å². The Bertz CT molecular complexity index is 337. The summed E-state index contributed by atoms with van der Waals surface area (Å²) in [4.78, 5) is 0. The summed E-state index contributed by atoms with van der Waals surface area (Å²) >= 11 is 6.02. The molecule has 1 aromatic carbocycles. The average Bonchev–Trinajstić information content (AvgIpc) is 2.33. The molecule has 0 amide bonds. The molecule has 0 aliphatic carbocycles. The highest BCUT2D eigenvalue weighted by molar-refractivity contribution is 6.31. The van der Waals surface area contributed by atoms with Gasteiger partial charge in [-0.15, -0.1) is 0 Å². The fourth-order valence-corrected chi connectivity index (χ4v) is 1.96. The summed E-state index contributed by atoms with van der Waals surface area (Å²) in [5.74, 6) is 0. The van der Waals surface area contributed by atoms with Gasteiger partial charge in [0.2, 0.25) is 0 Å². The van der Waals surface area contributed by atoms with E-state index in [4.69, 9.17) is 21.1 Å². The maximum Gasteiger partial charge on any atom is 0.107 e. The van der Waals surface area contributed by atoms with Gasteiger partial charge in [-0.1, -0.05) is 29.8 Å². The highest BCUT2D eigenvalue weighted by atomic mass is 35.5. The second kappa shape index (κ2) is 5.64. The predicted octanol–water partition coefficient (Wildman–Crippen LogP) is 1.66. The first-order chi connectivity index (χ1) is 7.77. The molecule has 1 fully saturated rings. The van der Waals surface area contributed by atoms with Crippen LogP contribution >= 0.6 is 11.6 Å². The maximum atomic E-state index is 9.99. The van der Waals surface area contributed by atoms with Crippen molar-refractivity contribution in [1.29, 1.82) is 0 Å². The van der Waals surface area contributed by atoms with E-state index in [1.165, 1.54) is 0 Å². The third-order valence-electron chi connectivity index (χ3n) is 2.66. The molecule has 1 aliphatic heterocycles. The molecule has 0 saturated carbocycles. The zero-order chi connectivity index (χ0) is 11.4. The first kappa shape index (κ1) is 11.9. The van der Waals surface area contributed by atoms with E-state index in [1.807, 2.05) is 24.3 Å². The minimum Gasteiger partial charge on any atom is -0.390 e. The Morgan fingerprint density at radius 2 is 2.19 bits per heavy atom. The van der Waals surface area contributed by atoms with Crippen molar-refractivity contribution in [2.24, 2.45) is 0 Å². The molecule has 0 bridgehead atoms. The normalized spacial score (nSPS) is 23.0. The minimum atomic E-state index is -0.569. The second-order valence-corrected chi connectivity index (χ2v) is 4.25. The van der Waals surface area contributed by atoms with Gasteiger partial charge in [-0.3, -0.25) is 0 Å². The number of hydrogen-bond donors (Lipinski definition) is 1. The number of aliphatic hydroxyl groups is 1. The number of ether oxygens (including phenoxy) is 2. The molecule has 3 nitrogen and oxygen atoms in total. The van der Waals surface area contributed by atoms with Crippen molar-refractivity contribution in [3.63, 3.8) is 0 Å². The van der Waals surface area contributed by atoms with E-state index in [0.29, 0.717) is 31.3 Å². The van der Waals surface area contributed by atoms with Crippen LogP contribution in [0.3, 0.4) is 0 Å². The summed E-state index contributed by atoms with van der Waals surface area (Å²) in [6.07, 6.45) is -0.321. The lowest BCUT2D eigenvalue weighted by atomic mass is 10.0. The zero-order valence-electron chi connectivity index (χ0n) is 8.93. The standard InChI is InChI=1S/C12H15ClO3/c13-10-4-2-1-3-9(10)7-11(14)12-8-15-5-6-16-12/h1-4,11-12,14H,5-8H2. The first-order valence-corrected chi connectivity index (χ1v) is 5.76. The zero-order valence-corrected chi connectivity index (χ0v) is 9.69. The van der Waals surface area contributed by atoms with Crippen molar-refractivity contribution in [3.05, 3.63) is 34.9 Å². The van der Waals surface area contributed by atoms with Crippen LogP contribution in [0.4, 0.5) is 0 Å². The van der Waals surface area contributed by atoms with E-state index < -0.39 is 6.10 Å². The maximum absolute atomic E-state index is 9.99. The van der Waals surface area contributed by atoms with Gasteiger partial charge in [0.1, 0.15) is 6.10 Å². The summed E-state index contributed by atoms with van der Waals surface area (Å²) in [5.41, 5.74) is 0.936. The lowest BCUT2D eigenvalue weighted by Crippen LogP contribution is -2.39. The van der Waals surface area contributed by atoms with Crippen LogP contribution in [0.5, 0.6) is 0 Å². The van der Waals surface area contributed by atoms with E-state index in [-0.39, 0.29) is 6.10 Å². The molecule has 1 aromatic rings. The van der Waals surface area contributed by atoms with Gasteiger partial charge in [0, 0.05) is 11.4 Å². The van der Waals surface area contributed by atoms with Gasteiger partial charge >= 0.3 is 0 Å². The van der Waals surface area contributed by atoms with Gasteiger partial charge in [0.25, 0.3) is 0 Å². The van der Waals surface area contributed by atoms with Crippen LogP contribution in [0.2, 0.25) is 5.02 Å². The van der Waals surface area contributed by atoms with E-state index >= 15 is 0 Å². The van der Waals surface area contributed by atoms with Crippen LogP contribution in [-0.4, -0.2) is 37.1 Å². The van der Waals surface area contributed by atoms with Gasteiger partial charge in [0.15, 0.2) is 0 Å². The molecular formula is C12H15ClO3. The Hall–Kier alpha value is -0.610. The molecule has 4 heteroatoms. The van der Waals surface area contributed by atoms with Crippen molar-refractivity contribution >= 4 is 11.6 Å². The Morgan fingerprint density at radius 1 is 1.38 bits per heavy atom. The van der Waals surface area contributed by atoms with Crippen LogP contribution < -0.4 is 0 Å². The predicted molar refractivity (Wildman–Crippen MR) is 61.7 cm³/mol. The molecule has 0 aromatic heterocycles. The smallest absolute Gasteiger partial charge is 0.107 e. The highest BCUT2D eigenvalue weighted by Crippen LogP contribution is 2.19. The SMILES string of the molecule is OC(Cc1ccccc1Cl)C1COCCO1. The van der Waals surface area contributed by atoms with Gasteiger partial charge < -0.3 is 14.6 Å². The number of aliphatic hydroxyl groups excluding tert-OH is 1. The number of hydrogen-bond acceptors (Lipinski definition) is 3. The Kier molecular flexibility index (Phi) is 4.18. The van der Waals surface area contributed by atoms with E-state index in [9.17, 15) is 5.11 Å². The highest BCUT2D eigenvalue weighted by Gasteiger charge is 2.23.